The number of nitrogens with zero attached hydrogens (tertiary/aromatic N) is 1. The van der Waals surface area contributed by atoms with Crippen LogP contribution in [0.15, 0.2) is 23.0 Å². The van der Waals surface area contributed by atoms with Crippen LogP contribution >= 0.6 is 0 Å². The van der Waals surface area contributed by atoms with Crippen LogP contribution in [0.25, 0.3) is 11.4 Å². The maximum atomic E-state index is 11.7. The van der Waals surface area contributed by atoms with E-state index in [0.29, 0.717) is 17.1 Å². The molecule has 0 atom stereocenters. The number of aromatic nitrogens is 2. The monoisotopic (exact) mass is 306 g/mol. The molecule has 1 heterocycles. The quantitative estimate of drug-likeness (QED) is 0.809. The zero-order chi connectivity index (χ0) is 16.3. The molecule has 0 amide bonds. The molecule has 8 nitrogen and oxygen atoms in total. The first-order chi connectivity index (χ1) is 10.5. The third-order valence-electron chi connectivity index (χ3n) is 2.93. The second kappa shape index (κ2) is 6.17. The zero-order valence-electron chi connectivity index (χ0n) is 12.2. The first-order valence-corrected chi connectivity index (χ1v) is 6.15. The second-order valence-corrected chi connectivity index (χ2v) is 4.17. The molecular weight excluding hydrogens is 292 g/mol. The Morgan fingerprint density at radius 3 is 2.45 bits per heavy atom. The number of methoxy groups -OCH3 is 3. The lowest BCUT2D eigenvalue weighted by Crippen LogP contribution is -2.16. The molecule has 0 radical (unpaired) electrons. The second-order valence-electron chi connectivity index (χ2n) is 4.17. The van der Waals surface area contributed by atoms with Gasteiger partial charge >= 0.3 is 5.97 Å². The van der Waals surface area contributed by atoms with Crippen LogP contribution in [0.1, 0.15) is 10.5 Å². The van der Waals surface area contributed by atoms with E-state index in [1.54, 1.807) is 18.2 Å². The molecule has 2 rings (SSSR count). The fourth-order valence-electron chi connectivity index (χ4n) is 1.83. The third kappa shape index (κ3) is 2.71. The lowest BCUT2D eigenvalue weighted by Gasteiger charge is -2.10. The highest BCUT2D eigenvalue weighted by Gasteiger charge is 2.19. The Labute approximate surface area is 125 Å². The summed E-state index contributed by atoms with van der Waals surface area (Å²) < 4.78 is 14.8. The average Bonchev–Trinajstić information content (AvgIpc) is 2.55. The number of H-pyrrole nitrogens is 1. The van der Waals surface area contributed by atoms with Crippen molar-refractivity contribution in [3.8, 4) is 28.6 Å². The highest BCUT2D eigenvalue weighted by atomic mass is 16.5. The van der Waals surface area contributed by atoms with Crippen LogP contribution in [0.5, 0.6) is 17.2 Å². The molecule has 116 valence electrons. The van der Waals surface area contributed by atoms with Crippen molar-refractivity contribution < 1.29 is 24.1 Å². The summed E-state index contributed by atoms with van der Waals surface area (Å²) in [5.74, 6) is -0.693. The maximum Gasteiger partial charge on any atom is 0.360 e. The molecule has 2 aromatic rings. The Morgan fingerprint density at radius 1 is 1.18 bits per heavy atom. The molecule has 0 saturated carbocycles. The first kappa shape index (κ1) is 15.4. The van der Waals surface area contributed by atoms with Gasteiger partial charge in [0.05, 0.1) is 21.3 Å². The van der Waals surface area contributed by atoms with E-state index in [1.165, 1.54) is 14.2 Å². The van der Waals surface area contributed by atoms with Gasteiger partial charge in [0, 0.05) is 5.56 Å². The maximum absolute atomic E-state index is 11.7. The number of esters is 1. The smallest absolute Gasteiger partial charge is 0.360 e. The standard InChI is InChI=1S/C14H14N2O6/c1-20-8-5-4-7(6-9(8)21-2)12-15-10(14(19)22-3)11(17)13(18)16-12/h4-6,17H,1-3H3,(H,15,16,18). The minimum atomic E-state index is -0.912. The summed E-state index contributed by atoms with van der Waals surface area (Å²) in [6, 6.07) is 4.83. The molecule has 0 aliphatic carbocycles. The Bertz CT molecular complexity index is 768. The van der Waals surface area contributed by atoms with Gasteiger partial charge in [-0.3, -0.25) is 4.79 Å². The predicted octanol–water partition coefficient (Wildman–Crippen LogP) is 0.946. The zero-order valence-corrected chi connectivity index (χ0v) is 12.2. The van der Waals surface area contributed by atoms with E-state index in [1.807, 2.05) is 0 Å². The van der Waals surface area contributed by atoms with Gasteiger partial charge in [0.1, 0.15) is 5.82 Å². The Morgan fingerprint density at radius 2 is 1.86 bits per heavy atom. The number of aromatic amines is 1. The molecule has 1 aromatic heterocycles. The van der Waals surface area contributed by atoms with E-state index in [0.717, 1.165) is 7.11 Å². The van der Waals surface area contributed by atoms with Crippen molar-refractivity contribution in [2.24, 2.45) is 0 Å². The molecule has 0 aliphatic heterocycles. The normalized spacial score (nSPS) is 10.1. The van der Waals surface area contributed by atoms with Gasteiger partial charge in [0.2, 0.25) is 5.75 Å². The van der Waals surface area contributed by atoms with Crippen molar-refractivity contribution >= 4 is 5.97 Å². The van der Waals surface area contributed by atoms with Gasteiger partial charge in [-0.1, -0.05) is 0 Å². The van der Waals surface area contributed by atoms with Crippen LogP contribution in [-0.2, 0) is 4.74 Å². The molecule has 0 fully saturated rings. The summed E-state index contributed by atoms with van der Waals surface area (Å²) in [6.07, 6.45) is 0. The van der Waals surface area contributed by atoms with E-state index < -0.39 is 23.0 Å². The average molecular weight is 306 g/mol. The van der Waals surface area contributed by atoms with Crippen LogP contribution in [0.3, 0.4) is 0 Å². The Hall–Kier alpha value is -3.03. The topological polar surface area (TPSA) is 111 Å². The number of hydrogen-bond acceptors (Lipinski definition) is 7. The summed E-state index contributed by atoms with van der Waals surface area (Å²) in [5, 5.41) is 9.60. The minimum Gasteiger partial charge on any atom is -0.501 e. The lowest BCUT2D eigenvalue weighted by atomic mass is 10.2. The summed E-state index contributed by atoms with van der Waals surface area (Å²) in [6.45, 7) is 0. The molecule has 0 aliphatic rings. The van der Waals surface area contributed by atoms with Crippen LogP contribution in [0.4, 0.5) is 0 Å². The van der Waals surface area contributed by atoms with Gasteiger partial charge in [-0.25, -0.2) is 9.78 Å². The third-order valence-corrected chi connectivity index (χ3v) is 2.93. The Kier molecular flexibility index (Phi) is 4.31. The van der Waals surface area contributed by atoms with Crippen molar-refractivity contribution in [1.29, 1.82) is 0 Å². The fraction of sp³-hybridized carbons (Fsp3) is 0.214. The van der Waals surface area contributed by atoms with Gasteiger partial charge in [0.15, 0.2) is 17.2 Å². The van der Waals surface area contributed by atoms with Crippen molar-refractivity contribution in [2.45, 2.75) is 0 Å². The highest BCUT2D eigenvalue weighted by Crippen LogP contribution is 2.31. The van der Waals surface area contributed by atoms with Crippen LogP contribution in [0.2, 0.25) is 0 Å². The number of carbonyl (C=O) groups excluding carboxylic acids is 1. The van der Waals surface area contributed by atoms with Crippen molar-refractivity contribution in [1.82, 2.24) is 9.97 Å². The minimum absolute atomic E-state index is 0.0872. The fourth-order valence-corrected chi connectivity index (χ4v) is 1.83. The van der Waals surface area contributed by atoms with Gasteiger partial charge in [-0.15, -0.1) is 0 Å². The first-order valence-electron chi connectivity index (χ1n) is 6.15. The number of rotatable bonds is 4. The predicted molar refractivity (Wildman–Crippen MR) is 76.4 cm³/mol. The number of ether oxygens (including phenoxy) is 3. The molecular formula is C14H14N2O6. The summed E-state index contributed by atoms with van der Waals surface area (Å²) in [4.78, 5) is 29.6. The van der Waals surface area contributed by atoms with E-state index >= 15 is 0 Å². The van der Waals surface area contributed by atoms with E-state index in [4.69, 9.17) is 9.47 Å². The summed E-state index contributed by atoms with van der Waals surface area (Å²) in [5.41, 5.74) is -0.837. The molecule has 0 unspecified atom stereocenters. The number of nitrogens with one attached hydrogen (secondary N) is 1. The summed E-state index contributed by atoms with van der Waals surface area (Å²) in [7, 11) is 4.09. The molecule has 0 saturated heterocycles. The number of benzene rings is 1. The van der Waals surface area contributed by atoms with Crippen LogP contribution < -0.4 is 15.0 Å². The van der Waals surface area contributed by atoms with Crippen molar-refractivity contribution in [3.63, 3.8) is 0 Å². The molecule has 8 heteroatoms. The van der Waals surface area contributed by atoms with E-state index in [-0.39, 0.29) is 5.82 Å². The summed E-state index contributed by atoms with van der Waals surface area (Å²) >= 11 is 0. The molecule has 0 bridgehead atoms. The van der Waals surface area contributed by atoms with Crippen molar-refractivity contribution in [3.05, 3.63) is 34.2 Å². The van der Waals surface area contributed by atoms with Crippen molar-refractivity contribution in [2.75, 3.05) is 21.3 Å². The number of aromatic hydroxyl groups is 1. The SMILES string of the molecule is COC(=O)c1nc(-c2ccc(OC)c(OC)c2)[nH]c(=O)c1O. The van der Waals surface area contributed by atoms with Gasteiger partial charge in [-0.2, -0.15) is 0 Å². The number of hydrogen-bond donors (Lipinski definition) is 2. The molecule has 22 heavy (non-hydrogen) atoms. The van der Waals surface area contributed by atoms with Gasteiger partial charge in [-0.05, 0) is 18.2 Å². The van der Waals surface area contributed by atoms with Crippen LogP contribution in [0, 0.1) is 0 Å². The highest BCUT2D eigenvalue weighted by molar-refractivity contribution is 5.90. The molecule has 2 N–H and O–H groups in total. The number of carbonyl (C=O) groups is 1. The van der Waals surface area contributed by atoms with E-state index in [9.17, 15) is 14.7 Å². The molecule has 1 aromatic carbocycles. The van der Waals surface area contributed by atoms with Gasteiger partial charge in [0.25, 0.3) is 5.56 Å². The largest absolute Gasteiger partial charge is 0.501 e. The lowest BCUT2D eigenvalue weighted by molar-refractivity contribution is 0.0590. The Balaban J connectivity index is 2.60. The molecule has 0 spiro atoms. The van der Waals surface area contributed by atoms with Crippen LogP contribution in [-0.4, -0.2) is 42.4 Å². The van der Waals surface area contributed by atoms with E-state index in [2.05, 4.69) is 14.7 Å². The van der Waals surface area contributed by atoms with Gasteiger partial charge < -0.3 is 24.3 Å².